The van der Waals surface area contributed by atoms with Crippen molar-refractivity contribution in [2.45, 2.75) is 45.3 Å². The minimum Gasteiger partial charge on any atom is -0.393 e. The predicted octanol–water partition coefficient (Wildman–Crippen LogP) is 2.89. The van der Waals surface area contributed by atoms with Crippen LogP contribution >= 0.6 is 15.9 Å². The summed E-state index contributed by atoms with van der Waals surface area (Å²) in [4.78, 5) is 6.83. The van der Waals surface area contributed by atoms with Crippen molar-refractivity contribution in [3.8, 4) is 0 Å². The van der Waals surface area contributed by atoms with Gasteiger partial charge < -0.3 is 10.0 Å². The van der Waals surface area contributed by atoms with Gasteiger partial charge in [-0.1, -0.05) is 0 Å². The first-order valence-corrected chi connectivity index (χ1v) is 6.94. The van der Waals surface area contributed by atoms with Crippen molar-refractivity contribution in [1.29, 1.82) is 0 Å². The fraction of sp³-hybridized carbons (Fsp3) is 0.615. The van der Waals surface area contributed by atoms with E-state index in [1.165, 1.54) is 6.42 Å². The van der Waals surface area contributed by atoms with Crippen LogP contribution in [0, 0.1) is 6.92 Å². The fourth-order valence-corrected chi connectivity index (χ4v) is 3.18. The van der Waals surface area contributed by atoms with Gasteiger partial charge in [-0.3, -0.25) is 0 Å². The fourth-order valence-electron chi connectivity index (χ4n) is 2.49. The van der Waals surface area contributed by atoms with Crippen molar-refractivity contribution >= 4 is 21.7 Å². The molecule has 1 saturated heterocycles. The van der Waals surface area contributed by atoms with Crippen LogP contribution in [0.25, 0.3) is 0 Å². The highest BCUT2D eigenvalue weighted by molar-refractivity contribution is 9.10. The number of rotatable bonds is 3. The van der Waals surface area contributed by atoms with Crippen molar-refractivity contribution < 1.29 is 5.11 Å². The molecule has 94 valence electrons. The molecule has 1 aliphatic rings. The van der Waals surface area contributed by atoms with Gasteiger partial charge >= 0.3 is 0 Å². The van der Waals surface area contributed by atoms with Crippen LogP contribution in [0.3, 0.4) is 0 Å². The molecule has 0 radical (unpaired) electrons. The standard InChI is InChI=1S/C13H19BrN2O/c1-9-6-12(14)13(15-8-9)16-5-3-4-11(16)7-10(2)17/h6,8,10-11,17H,3-5,7H2,1-2H3. The number of halogens is 1. The molecule has 17 heavy (non-hydrogen) atoms. The molecular formula is C13H19BrN2O. The lowest BCUT2D eigenvalue weighted by Crippen LogP contribution is -2.32. The minimum absolute atomic E-state index is 0.246. The summed E-state index contributed by atoms with van der Waals surface area (Å²) in [5.74, 6) is 1.01. The van der Waals surface area contributed by atoms with Gasteiger partial charge in [-0.15, -0.1) is 0 Å². The lowest BCUT2D eigenvalue weighted by molar-refractivity contribution is 0.175. The third-order valence-electron chi connectivity index (χ3n) is 3.22. The molecule has 1 N–H and O–H groups in total. The van der Waals surface area contributed by atoms with Crippen LogP contribution in [0.1, 0.15) is 31.7 Å². The minimum atomic E-state index is -0.246. The SMILES string of the molecule is Cc1cnc(N2CCCC2CC(C)O)c(Br)c1. The predicted molar refractivity (Wildman–Crippen MR) is 73.3 cm³/mol. The van der Waals surface area contributed by atoms with E-state index in [2.05, 4.69) is 31.9 Å². The topological polar surface area (TPSA) is 36.4 Å². The first kappa shape index (κ1) is 12.8. The van der Waals surface area contributed by atoms with E-state index in [1.807, 2.05) is 20.0 Å². The van der Waals surface area contributed by atoms with Crippen LogP contribution in [0.2, 0.25) is 0 Å². The molecule has 4 heteroatoms. The molecule has 2 heterocycles. The molecule has 3 nitrogen and oxygen atoms in total. The first-order chi connectivity index (χ1) is 8.08. The largest absolute Gasteiger partial charge is 0.393 e. The van der Waals surface area contributed by atoms with Crippen LogP contribution in [-0.2, 0) is 0 Å². The number of hydrogen-bond acceptors (Lipinski definition) is 3. The van der Waals surface area contributed by atoms with Crippen LogP contribution in [0.4, 0.5) is 5.82 Å². The van der Waals surface area contributed by atoms with Crippen molar-refractivity contribution in [2.24, 2.45) is 0 Å². The molecule has 2 rings (SSSR count). The maximum atomic E-state index is 9.53. The molecule has 0 saturated carbocycles. The highest BCUT2D eigenvalue weighted by Gasteiger charge is 2.27. The highest BCUT2D eigenvalue weighted by atomic mass is 79.9. The third-order valence-corrected chi connectivity index (χ3v) is 3.80. The van der Waals surface area contributed by atoms with E-state index >= 15 is 0 Å². The zero-order valence-electron chi connectivity index (χ0n) is 10.4. The van der Waals surface area contributed by atoms with Gasteiger partial charge in [-0.25, -0.2) is 4.98 Å². The van der Waals surface area contributed by atoms with Gasteiger partial charge in [0.25, 0.3) is 0 Å². The zero-order valence-corrected chi connectivity index (χ0v) is 11.9. The van der Waals surface area contributed by atoms with E-state index in [1.54, 1.807) is 0 Å². The Hall–Kier alpha value is -0.610. The zero-order chi connectivity index (χ0) is 12.4. The summed E-state index contributed by atoms with van der Waals surface area (Å²) in [5.41, 5.74) is 1.16. The van der Waals surface area contributed by atoms with Gasteiger partial charge in [0.1, 0.15) is 5.82 Å². The number of hydrogen-bond donors (Lipinski definition) is 1. The Kier molecular flexibility index (Phi) is 4.05. The summed E-state index contributed by atoms with van der Waals surface area (Å²) in [6.45, 7) is 4.93. The van der Waals surface area contributed by atoms with Crippen molar-refractivity contribution in [3.63, 3.8) is 0 Å². The molecule has 0 aliphatic carbocycles. The second-order valence-electron chi connectivity index (χ2n) is 4.89. The van der Waals surface area contributed by atoms with Crippen LogP contribution in [-0.4, -0.2) is 28.8 Å². The Labute approximate surface area is 111 Å². The molecule has 0 amide bonds. The Morgan fingerprint density at radius 3 is 3.06 bits per heavy atom. The van der Waals surface area contributed by atoms with Gasteiger partial charge in [-0.05, 0) is 60.7 Å². The molecular weight excluding hydrogens is 280 g/mol. The Bertz CT molecular complexity index is 395. The molecule has 0 aromatic carbocycles. The summed E-state index contributed by atoms with van der Waals surface area (Å²) in [5, 5.41) is 9.53. The summed E-state index contributed by atoms with van der Waals surface area (Å²) in [6.07, 6.45) is 4.80. The maximum Gasteiger partial charge on any atom is 0.143 e. The van der Waals surface area contributed by atoms with Gasteiger partial charge in [0, 0.05) is 18.8 Å². The summed E-state index contributed by atoms with van der Waals surface area (Å²) >= 11 is 3.58. The highest BCUT2D eigenvalue weighted by Crippen LogP contribution is 2.32. The van der Waals surface area contributed by atoms with Crippen molar-refractivity contribution in [3.05, 3.63) is 22.3 Å². The maximum absolute atomic E-state index is 9.53. The number of pyridine rings is 1. The van der Waals surface area contributed by atoms with Crippen LogP contribution in [0.15, 0.2) is 16.7 Å². The Morgan fingerprint density at radius 2 is 2.41 bits per heavy atom. The molecule has 1 fully saturated rings. The molecule has 2 unspecified atom stereocenters. The summed E-state index contributed by atoms with van der Waals surface area (Å²) in [7, 11) is 0. The third kappa shape index (κ3) is 2.99. The number of aliphatic hydroxyl groups is 1. The van der Waals surface area contributed by atoms with E-state index in [-0.39, 0.29) is 6.10 Å². The Balaban J connectivity index is 2.20. The van der Waals surface area contributed by atoms with E-state index in [0.29, 0.717) is 6.04 Å². The number of aryl methyl sites for hydroxylation is 1. The molecule has 0 bridgehead atoms. The molecule has 1 aromatic rings. The van der Waals surface area contributed by atoms with Crippen molar-refractivity contribution in [1.82, 2.24) is 4.98 Å². The number of aliphatic hydroxyl groups excluding tert-OH is 1. The van der Waals surface area contributed by atoms with Gasteiger partial charge in [-0.2, -0.15) is 0 Å². The van der Waals surface area contributed by atoms with Crippen LogP contribution in [0.5, 0.6) is 0 Å². The molecule has 1 aliphatic heterocycles. The normalized spacial score (nSPS) is 21.9. The Morgan fingerprint density at radius 1 is 1.65 bits per heavy atom. The van der Waals surface area contributed by atoms with E-state index in [0.717, 1.165) is 35.2 Å². The quantitative estimate of drug-likeness (QED) is 0.932. The van der Waals surface area contributed by atoms with Gasteiger partial charge in [0.15, 0.2) is 0 Å². The number of nitrogens with zero attached hydrogens (tertiary/aromatic N) is 2. The molecule has 1 aromatic heterocycles. The average Bonchev–Trinajstić information content (AvgIpc) is 2.65. The molecule has 2 atom stereocenters. The lowest BCUT2D eigenvalue weighted by Gasteiger charge is -2.27. The molecule has 0 spiro atoms. The van der Waals surface area contributed by atoms with Crippen LogP contribution < -0.4 is 4.90 Å². The second kappa shape index (κ2) is 5.36. The lowest BCUT2D eigenvalue weighted by atomic mass is 10.1. The smallest absolute Gasteiger partial charge is 0.143 e. The van der Waals surface area contributed by atoms with E-state index in [4.69, 9.17) is 0 Å². The van der Waals surface area contributed by atoms with Gasteiger partial charge in [0.05, 0.1) is 10.6 Å². The average molecular weight is 299 g/mol. The number of anilines is 1. The van der Waals surface area contributed by atoms with Gasteiger partial charge in [0.2, 0.25) is 0 Å². The van der Waals surface area contributed by atoms with E-state index < -0.39 is 0 Å². The summed E-state index contributed by atoms with van der Waals surface area (Å²) in [6, 6.07) is 2.52. The van der Waals surface area contributed by atoms with Crippen molar-refractivity contribution in [2.75, 3.05) is 11.4 Å². The van der Waals surface area contributed by atoms with E-state index in [9.17, 15) is 5.11 Å². The monoisotopic (exact) mass is 298 g/mol. The number of aromatic nitrogens is 1. The summed E-state index contributed by atoms with van der Waals surface area (Å²) < 4.78 is 1.05. The first-order valence-electron chi connectivity index (χ1n) is 6.15. The second-order valence-corrected chi connectivity index (χ2v) is 5.75.